The van der Waals surface area contributed by atoms with Crippen molar-refractivity contribution in [3.05, 3.63) is 0 Å². The van der Waals surface area contributed by atoms with Crippen molar-refractivity contribution in [2.75, 3.05) is 33.2 Å². The summed E-state index contributed by atoms with van der Waals surface area (Å²) in [7, 11) is 2.23. The van der Waals surface area contributed by atoms with Crippen LogP contribution in [0.4, 0.5) is 4.79 Å². The average molecular weight is 251 g/mol. The van der Waals surface area contributed by atoms with E-state index in [0.29, 0.717) is 18.1 Å². The fraction of sp³-hybridized carbons (Fsp3) is 0.929. The van der Waals surface area contributed by atoms with Gasteiger partial charge in [-0.3, -0.25) is 4.90 Å². The van der Waals surface area contributed by atoms with E-state index in [1.165, 1.54) is 32.1 Å². The molecule has 2 unspecified atom stereocenters. The van der Waals surface area contributed by atoms with E-state index < -0.39 is 0 Å². The lowest BCUT2D eigenvalue weighted by Crippen LogP contribution is -2.48. The van der Waals surface area contributed by atoms with Crippen LogP contribution in [0.25, 0.3) is 0 Å². The molecule has 0 aromatic heterocycles. The standard InChI is InChI=1S/C14H25N3O/c1-15-12-5-6-13(15)11-17(10-7-12)14(18)16-8-3-2-4-9-16/h12-13H,2-11H2,1H3. The first-order chi connectivity index (χ1) is 8.75. The van der Waals surface area contributed by atoms with E-state index in [-0.39, 0.29) is 0 Å². The van der Waals surface area contributed by atoms with Crippen LogP contribution < -0.4 is 0 Å². The van der Waals surface area contributed by atoms with Crippen LogP contribution in [0.2, 0.25) is 0 Å². The highest BCUT2D eigenvalue weighted by Gasteiger charge is 2.37. The molecule has 18 heavy (non-hydrogen) atoms. The summed E-state index contributed by atoms with van der Waals surface area (Å²) >= 11 is 0. The van der Waals surface area contributed by atoms with Crippen LogP contribution in [0.3, 0.4) is 0 Å². The third-order valence-electron chi connectivity index (χ3n) is 5.05. The number of carbonyl (C=O) groups excluding carboxylic acids is 1. The molecule has 3 saturated heterocycles. The topological polar surface area (TPSA) is 26.8 Å². The zero-order chi connectivity index (χ0) is 12.5. The molecular weight excluding hydrogens is 226 g/mol. The van der Waals surface area contributed by atoms with E-state index in [1.54, 1.807) is 0 Å². The first-order valence-electron chi connectivity index (χ1n) is 7.51. The van der Waals surface area contributed by atoms with Crippen molar-refractivity contribution in [2.45, 2.75) is 50.6 Å². The Kier molecular flexibility index (Phi) is 3.46. The van der Waals surface area contributed by atoms with Crippen LogP contribution in [0.1, 0.15) is 38.5 Å². The summed E-state index contributed by atoms with van der Waals surface area (Å²) in [5.41, 5.74) is 0. The molecule has 3 rings (SSSR count). The van der Waals surface area contributed by atoms with Crippen molar-refractivity contribution in [3.8, 4) is 0 Å². The smallest absolute Gasteiger partial charge is 0.320 e. The van der Waals surface area contributed by atoms with Gasteiger partial charge in [0.05, 0.1) is 0 Å². The van der Waals surface area contributed by atoms with Gasteiger partial charge in [-0.2, -0.15) is 0 Å². The van der Waals surface area contributed by atoms with E-state index in [0.717, 1.165) is 32.6 Å². The number of hydrogen-bond donors (Lipinski definition) is 0. The quantitative estimate of drug-likeness (QED) is 0.656. The lowest BCUT2D eigenvalue weighted by Gasteiger charge is -2.34. The Morgan fingerprint density at radius 2 is 1.61 bits per heavy atom. The number of likely N-dealkylation sites (N-methyl/N-ethyl adjacent to an activating group) is 1. The highest BCUT2D eigenvalue weighted by Crippen LogP contribution is 2.29. The first-order valence-corrected chi connectivity index (χ1v) is 7.51. The second-order valence-corrected chi connectivity index (χ2v) is 6.12. The van der Waals surface area contributed by atoms with E-state index in [9.17, 15) is 4.79 Å². The molecule has 0 spiro atoms. The van der Waals surface area contributed by atoms with Crippen molar-refractivity contribution < 1.29 is 4.79 Å². The highest BCUT2D eigenvalue weighted by molar-refractivity contribution is 5.74. The molecule has 2 amide bonds. The molecule has 0 radical (unpaired) electrons. The molecular formula is C14H25N3O. The Morgan fingerprint density at radius 3 is 2.39 bits per heavy atom. The summed E-state index contributed by atoms with van der Waals surface area (Å²) in [5.74, 6) is 0. The van der Waals surface area contributed by atoms with Crippen LogP contribution in [-0.4, -0.2) is 66.0 Å². The SMILES string of the molecule is CN1C2CCC1CN(C(=O)N1CCCCC1)CC2. The zero-order valence-corrected chi connectivity index (χ0v) is 11.5. The van der Waals surface area contributed by atoms with Gasteiger partial charge in [0, 0.05) is 38.3 Å². The maximum atomic E-state index is 12.5. The molecule has 102 valence electrons. The molecule has 0 aromatic rings. The molecule has 0 aliphatic carbocycles. The van der Waals surface area contributed by atoms with Gasteiger partial charge in [0.2, 0.25) is 0 Å². The summed E-state index contributed by atoms with van der Waals surface area (Å²) in [6.45, 7) is 3.85. The van der Waals surface area contributed by atoms with Gasteiger partial charge in [0.25, 0.3) is 0 Å². The second kappa shape index (κ2) is 5.08. The molecule has 4 nitrogen and oxygen atoms in total. The first kappa shape index (κ1) is 12.3. The summed E-state index contributed by atoms with van der Waals surface area (Å²) in [4.78, 5) is 19.2. The fourth-order valence-corrected chi connectivity index (χ4v) is 3.77. The van der Waals surface area contributed by atoms with E-state index >= 15 is 0 Å². The lowest BCUT2D eigenvalue weighted by atomic mass is 10.1. The van der Waals surface area contributed by atoms with Gasteiger partial charge in [0.15, 0.2) is 0 Å². The van der Waals surface area contributed by atoms with Gasteiger partial charge in [-0.1, -0.05) is 0 Å². The summed E-state index contributed by atoms with van der Waals surface area (Å²) < 4.78 is 0. The third kappa shape index (κ3) is 2.22. The monoisotopic (exact) mass is 251 g/mol. The molecule has 3 fully saturated rings. The molecule has 3 aliphatic heterocycles. The predicted molar refractivity (Wildman–Crippen MR) is 71.6 cm³/mol. The van der Waals surface area contributed by atoms with E-state index in [2.05, 4.69) is 21.7 Å². The van der Waals surface area contributed by atoms with Gasteiger partial charge in [-0.25, -0.2) is 4.79 Å². The number of nitrogens with zero attached hydrogens (tertiary/aromatic N) is 3. The molecule has 0 N–H and O–H groups in total. The maximum Gasteiger partial charge on any atom is 0.320 e. The Hall–Kier alpha value is -0.770. The minimum atomic E-state index is 0.302. The summed E-state index contributed by atoms with van der Waals surface area (Å²) in [6.07, 6.45) is 7.42. The minimum absolute atomic E-state index is 0.302. The van der Waals surface area contributed by atoms with Gasteiger partial charge in [-0.15, -0.1) is 0 Å². The average Bonchev–Trinajstić information content (AvgIpc) is 2.64. The number of hydrogen-bond acceptors (Lipinski definition) is 2. The van der Waals surface area contributed by atoms with Crippen LogP contribution in [0, 0.1) is 0 Å². The van der Waals surface area contributed by atoms with Crippen LogP contribution in [-0.2, 0) is 0 Å². The Labute approximate surface area is 110 Å². The van der Waals surface area contributed by atoms with Gasteiger partial charge in [-0.05, 0) is 45.6 Å². The van der Waals surface area contributed by atoms with E-state index in [4.69, 9.17) is 0 Å². The van der Waals surface area contributed by atoms with Crippen molar-refractivity contribution in [3.63, 3.8) is 0 Å². The summed E-state index contributed by atoms with van der Waals surface area (Å²) in [5, 5.41) is 0. The molecule has 2 bridgehead atoms. The van der Waals surface area contributed by atoms with Crippen molar-refractivity contribution >= 4 is 6.03 Å². The number of likely N-dealkylation sites (tertiary alicyclic amines) is 2. The number of carbonyl (C=O) groups is 1. The highest BCUT2D eigenvalue weighted by atomic mass is 16.2. The zero-order valence-electron chi connectivity index (χ0n) is 11.5. The summed E-state index contributed by atoms with van der Waals surface area (Å²) in [6, 6.07) is 1.62. The van der Waals surface area contributed by atoms with Crippen LogP contribution in [0.5, 0.6) is 0 Å². The Morgan fingerprint density at radius 1 is 0.889 bits per heavy atom. The third-order valence-corrected chi connectivity index (χ3v) is 5.05. The van der Waals surface area contributed by atoms with Crippen molar-refractivity contribution in [1.82, 2.24) is 14.7 Å². The van der Waals surface area contributed by atoms with Crippen LogP contribution in [0.15, 0.2) is 0 Å². The molecule has 2 atom stereocenters. The number of urea groups is 1. The van der Waals surface area contributed by atoms with Gasteiger partial charge in [0.1, 0.15) is 0 Å². The Bertz CT molecular complexity index is 314. The molecule has 4 heteroatoms. The fourth-order valence-electron chi connectivity index (χ4n) is 3.77. The number of amides is 2. The molecule has 0 saturated carbocycles. The molecule has 3 heterocycles. The van der Waals surface area contributed by atoms with Gasteiger partial charge >= 0.3 is 6.03 Å². The molecule has 3 aliphatic rings. The largest absolute Gasteiger partial charge is 0.325 e. The van der Waals surface area contributed by atoms with Gasteiger partial charge < -0.3 is 9.80 Å². The van der Waals surface area contributed by atoms with E-state index in [1.807, 2.05) is 0 Å². The van der Waals surface area contributed by atoms with Crippen LogP contribution >= 0.6 is 0 Å². The minimum Gasteiger partial charge on any atom is -0.325 e. The van der Waals surface area contributed by atoms with Crippen molar-refractivity contribution in [2.24, 2.45) is 0 Å². The maximum absolute atomic E-state index is 12.5. The predicted octanol–water partition coefficient (Wildman–Crippen LogP) is 1.76. The van der Waals surface area contributed by atoms with Crippen molar-refractivity contribution in [1.29, 1.82) is 0 Å². The number of fused-ring (bicyclic) bond motifs is 2. The lowest BCUT2D eigenvalue weighted by molar-refractivity contribution is 0.138. The second-order valence-electron chi connectivity index (χ2n) is 6.12. The Balaban J connectivity index is 1.63. The normalized spacial score (nSPS) is 33.6. The number of rotatable bonds is 0. The number of piperidine rings is 1. The molecule has 0 aromatic carbocycles.